The van der Waals surface area contributed by atoms with Crippen molar-refractivity contribution in [2.45, 2.75) is 26.8 Å². The van der Waals surface area contributed by atoms with Gasteiger partial charge in [0.15, 0.2) is 11.5 Å². The maximum Gasteiger partial charge on any atom is 0.227 e. The first-order valence-corrected chi connectivity index (χ1v) is 9.89. The second-order valence-electron chi connectivity index (χ2n) is 7.24. The number of hydrogen-bond donors (Lipinski definition) is 0. The van der Waals surface area contributed by atoms with Gasteiger partial charge in [0, 0.05) is 38.3 Å². The molecule has 2 aliphatic rings. The zero-order valence-electron chi connectivity index (χ0n) is 16.2. The number of ether oxygens (including phenoxy) is 2. The number of rotatable bonds is 4. The fourth-order valence-electron chi connectivity index (χ4n) is 3.66. The topological polar surface area (TPSA) is 68.0 Å². The van der Waals surface area contributed by atoms with Gasteiger partial charge >= 0.3 is 0 Å². The standard InChI is InChI=1S/C20H24ClN3O4/c1-13-16(14(2)28-22-13)12-23-3-5-24(6-4-23)19(25)11-15-9-17(21)20-18(10-15)26-7-8-27-20/h9-10H,3-8,11-12H2,1-2H3. The molecule has 3 heterocycles. The molecule has 0 atom stereocenters. The molecule has 0 N–H and O–H groups in total. The lowest BCUT2D eigenvalue weighted by Gasteiger charge is -2.34. The Morgan fingerprint density at radius 2 is 1.89 bits per heavy atom. The van der Waals surface area contributed by atoms with Crippen molar-refractivity contribution in [2.75, 3.05) is 39.4 Å². The number of carbonyl (C=O) groups excluding carboxylic acids is 1. The highest BCUT2D eigenvalue weighted by molar-refractivity contribution is 6.32. The lowest BCUT2D eigenvalue weighted by atomic mass is 10.1. The molecule has 0 unspecified atom stereocenters. The first-order chi connectivity index (χ1) is 13.5. The third-order valence-corrected chi connectivity index (χ3v) is 5.58. The van der Waals surface area contributed by atoms with Crippen molar-refractivity contribution < 1.29 is 18.8 Å². The van der Waals surface area contributed by atoms with Gasteiger partial charge in [0.1, 0.15) is 19.0 Å². The summed E-state index contributed by atoms with van der Waals surface area (Å²) < 4.78 is 16.4. The molecule has 1 fully saturated rings. The van der Waals surface area contributed by atoms with Gasteiger partial charge in [-0.05, 0) is 31.5 Å². The second-order valence-corrected chi connectivity index (χ2v) is 7.65. The van der Waals surface area contributed by atoms with E-state index in [0.29, 0.717) is 49.2 Å². The van der Waals surface area contributed by atoms with Crippen LogP contribution in [0.5, 0.6) is 11.5 Å². The van der Waals surface area contributed by atoms with E-state index in [2.05, 4.69) is 10.1 Å². The van der Waals surface area contributed by atoms with Gasteiger partial charge in [0.2, 0.25) is 5.91 Å². The summed E-state index contributed by atoms with van der Waals surface area (Å²) in [6.07, 6.45) is 0.306. The maximum absolute atomic E-state index is 12.7. The number of aromatic nitrogens is 1. The smallest absolute Gasteiger partial charge is 0.227 e. The van der Waals surface area contributed by atoms with Crippen LogP contribution in [0.3, 0.4) is 0 Å². The normalized spacial score (nSPS) is 17.0. The minimum atomic E-state index is 0.102. The molecule has 0 saturated carbocycles. The molecule has 150 valence electrons. The van der Waals surface area contributed by atoms with Crippen LogP contribution in [0.15, 0.2) is 16.7 Å². The quantitative estimate of drug-likeness (QED) is 0.778. The summed E-state index contributed by atoms with van der Waals surface area (Å²) in [5, 5.41) is 4.50. The molecule has 1 aromatic carbocycles. The SMILES string of the molecule is Cc1noc(C)c1CN1CCN(C(=O)Cc2cc(Cl)c3c(c2)OCCO3)CC1. The van der Waals surface area contributed by atoms with Gasteiger partial charge in [-0.3, -0.25) is 9.69 Å². The monoisotopic (exact) mass is 405 g/mol. The summed E-state index contributed by atoms with van der Waals surface area (Å²) in [5.74, 6) is 2.15. The molecule has 8 heteroatoms. The summed E-state index contributed by atoms with van der Waals surface area (Å²) >= 11 is 6.28. The van der Waals surface area contributed by atoms with Crippen LogP contribution in [0.4, 0.5) is 0 Å². The highest BCUT2D eigenvalue weighted by atomic mass is 35.5. The van der Waals surface area contributed by atoms with Crippen molar-refractivity contribution >= 4 is 17.5 Å². The van der Waals surface area contributed by atoms with Crippen LogP contribution in [0.25, 0.3) is 0 Å². The number of fused-ring (bicyclic) bond motifs is 1. The molecule has 0 aliphatic carbocycles. The van der Waals surface area contributed by atoms with Gasteiger partial charge < -0.3 is 18.9 Å². The van der Waals surface area contributed by atoms with Crippen LogP contribution < -0.4 is 9.47 Å². The number of nitrogens with zero attached hydrogens (tertiary/aromatic N) is 3. The molecule has 4 rings (SSSR count). The summed E-state index contributed by atoms with van der Waals surface area (Å²) in [5.41, 5.74) is 2.93. The van der Waals surface area contributed by atoms with Crippen molar-refractivity contribution in [2.24, 2.45) is 0 Å². The predicted molar refractivity (Wildman–Crippen MR) is 104 cm³/mol. The van der Waals surface area contributed by atoms with E-state index in [1.54, 1.807) is 6.07 Å². The Labute approximate surface area is 169 Å². The molecule has 0 bridgehead atoms. The molecular formula is C20H24ClN3O4. The largest absolute Gasteiger partial charge is 0.486 e. The molecule has 1 aromatic heterocycles. The lowest BCUT2D eigenvalue weighted by Crippen LogP contribution is -2.48. The van der Waals surface area contributed by atoms with Gasteiger partial charge in [0.25, 0.3) is 0 Å². The van der Waals surface area contributed by atoms with Crippen LogP contribution in [0.2, 0.25) is 5.02 Å². The molecule has 2 aliphatic heterocycles. The highest BCUT2D eigenvalue weighted by Gasteiger charge is 2.24. The number of hydrogen-bond acceptors (Lipinski definition) is 6. The van der Waals surface area contributed by atoms with E-state index in [0.717, 1.165) is 42.2 Å². The molecule has 0 spiro atoms. The van der Waals surface area contributed by atoms with E-state index < -0.39 is 0 Å². The molecule has 0 radical (unpaired) electrons. The van der Waals surface area contributed by atoms with Crippen LogP contribution >= 0.6 is 11.6 Å². The first-order valence-electron chi connectivity index (χ1n) is 9.51. The number of amides is 1. The van der Waals surface area contributed by atoms with E-state index in [1.807, 2.05) is 24.8 Å². The van der Waals surface area contributed by atoms with Gasteiger partial charge in [-0.25, -0.2) is 0 Å². The van der Waals surface area contributed by atoms with Crippen LogP contribution in [0, 0.1) is 13.8 Å². The Morgan fingerprint density at radius 1 is 1.14 bits per heavy atom. The Balaban J connectivity index is 1.34. The highest BCUT2D eigenvalue weighted by Crippen LogP contribution is 2.38. The predicted octanol–water partition coefficient (Wildman–Crippen LogP) is 2.60. The average Bonchev–Trinajstić information content (AvgIpc) is 3.00. The zero-order valence-corrected chi connectivity index (χ0v) is 16.9. The van der Waals surface area contributed by atoms with E-state index in [-0.39, 0.29) is 5.91 Å². The summed E-state index contributed by atoms with van der Waals surface area (Å²) in [7, 11) is 0. The van der Waals surface area contributed by atoms with E-state index in [1.165, 1.54) is 0 Å². The van der Waals surface area contributed by atoms with Crippen molar-refractivity contribution in [3.8, 4) is 11.5 Å². The number of carbonyl (C=O) groups is 1. The van der Waals surface area contributed by atoms with Crippen molar-refractivity contribution in [3.05, 3.63) is 39.7 Å². The zero-order chi connectivity index (χ0) is 19.7. The van der Waals surface area contributed by atoms with Crippen LogP contribution in [0.1, 0.15) is 22.6 Å². The van der Waals surface area contributed by atoms with Crippen molar-refractivity contribution in [1.82, 2.24) is 15.0 Å². The Kier molecular flexibility index (Phi) is 5.46. The fraction of sp³-hybridized carbons (Fsp3) is 0.500. The average molecular weight is 406 g/mol. The summed E-state index contributed by atoms with van der Waals surface area (Å²) in [6, 6.07) is 3.65. The number of aryl methyl sites for hydroxylation is 2. The van der Waals surface area contributed by atoms with Crippen LogP contribution in [-0.4, -0.2) is 60.3 Å². The first kappa shape index (κ1) is 19.1. The van der Waals surface area contributed by atoms with Crippen LogP contribution in [-0.2, 0) is 17.8 Å². The summed E-state index contributed by atoms with van der Waals surface area (Å²) in [4.78, 5) is 17.0. The second kappa shape index (κ2) is 8.01. The molecule has 7 nitrogen and oxygen atoms in total. The third kappa shape index (κ3) is 3.95. The Morgan fingerprint density at radius 3 is 2.61 bits per heavy atom. The van der Waals surface area contributed by atoms with Gasteiger partial charge in [-0.2, -0.15) is 0 Å². The number of piperazine rings is 1. The molecule has 2 aromatic rings. The van der Waals surface area contributed by atoms with Gasteiger partial charge in [-0.15, -0.1) is 0 Å². The third-order valence-electron chi connectivity index (χ3n) is 5.30. The van der Waals surface area contributed by atoms with Crippen molar-refractivity contribution in [3.63, 3.8) is 0 Å². The molecular weight excluding hydrogens is 382 g/mol. The van der Waals surface area contributed by atoms with Gasteiger partial charge in [0.05, 0.1) is 17.1 Å². The minimum absolute atomic E-state index is 0.102. The minimum Gasteiger partial charge on any atom is -0.486 e. The fourth-order valence-corrected chi connectivity index (χ4v) is 3.95. The van der Waals surface area contributed by atoms with Gasteiger partial charge in [-0.1, -0.05) is 16.8 Å². The Hall–Kier alpha value is -2.25. The van der Waals surface area contributed by atoms with E-state index in [9.17, 15) is 4.79 Å². The molecule has 28 heavy (non-hydrogen) atoms. The van der Waals surface area contributed by atoms with Crippen molar-refractivity contribution in [1.29, 1.82) is 0 Å². The number of benzene rings is 1. The summed E-state index contributed by atoms with van der Waals surface area (Å²) in [6.45, 7) is 8.77. The van der Waals surface area contributed by atoms with E-state index in [4.69, 9.17) is 25.6 Å². The maximum atomic E-state index is 12.7. The molecule has 1 amide bonds. The lowest BCUT2D eigenvalue weighted by molar-refractivity contribution is -0.132. The molecule has 1 saturated heterocycles. The van der Waals surface area contributed by atoms with E-state index >= 15 is 0 Å². The Bertz CT molecular complexity index is 855. The number of halogens is 1.